The summed E-state index contributed by atoms with van der Waals surface area (Å²) in [6, 6.07) is 6.69. The van der Waals surface area contributed by atoms with E-state index in [4.69, 9.17) is 4.42 Å². The van der Waals surface area contributed by atoms with Crippen LogP contribution in [-0.4, -0.2) is 39.9 Å². The lowest BCUT2D eigenvalue weighted by Gasteiger charge is -2.32. The van der Waals surface area contributed by atoms with Gasteiger partial charge in [-0.25, -0.2) is 14.4 Å². The first-order valence-corrected chi connectivity index (χ1v) is 8.19. The number of furan rings is 1. The zero-order valence-corrected chi connectivity index (χ0v) is 13.5. The average molecular weight is 340 g/mol. The molecule has 0 saturated carbocycles. The van der Waals surface area contributed by atoms with Gasteiger partial charge in [0.25, 0.3) is 5.91 Å². The molecule has 0 radical (unpaired) electrons. The molecule has 2 aromatic heterocycles. The molecule has 0 unspecified atom stereocenters. The third kappa shape index (κ3) is 3.05. The summed E-state index contributed by atoms with van der Waals surface area (Å²) >= 11 is 0. The normalized spacial score (nSPS) is 15.5. The van der Waals surface area contributed by atoms with E-state index in [0.29, 0.717) is 35.4 Å². The van der Waals surface area contributed by atoms with Crippen LogP contribution in [0.3, 0.4) is 0 Å². The van der Waals surface area contributed by atoms with Gasteiger partial charge < -0.3 is 14.6 Å². The molecule has 1 aliphatic heterocycles. The number of hydrogen-bond acceptors (Lipinski definition) is 5. The van der Waals surface area contributed by atoms with Gasteiger partial charge in [-0.2, -0.15) is 0 Å². The molecule has 6 nitrogen and oxygen atoms in total. The number of carbonyl (C=O) groups is 1. The Morgan fingerprint density at radius 3 is 2.84 bits per heavy atom. The van der Waals surface area contributed by atoms with E-state index < -0.39 is 0 Å². The van der Waals surface area contributed by atoms with E-state index in [1.54, 1.807) is 18.2 Å². The number of amides is 1. The van der Waals surface area contributed by atoms with Crippen LogP contribution in [0.1, 0.15) is 23.2 Å². The summed E-state index contributed by atoms with van der Waals surface area (Å²) in [6.45, 7) is 1.30. The number of halogens is 1. The van der Waals surface area contributed by atoms with Crippen molar-refractivity contribution in [2.45, 2.75) is 18.9 Å². The zero-order chi connectivity index (χ0) is 17.2. The highest BCUT2D eigenvalue weighted by Gasteiger charge is 2.24. The van der Waals surface area contributed by atoms with Crippen LogP contribution in [0.4, 0.5) is 10.2 Å². The fraction of sp³-hybridized carbons (Fsp3) is 0.278. The van der Waals surface area contributed by atoms with E-state index in [0.717, 1.165) is 12.8 Å². The second-order valence-electron chi connectivity index (χ2n) is 6.08. The molecule has 1 aromatic carbocycles. The number of rotatable bonds is 3. The number of fused-ring (bicyclic) bond motifs is 1. The van der Waals surface area contributed by atoms with Crippen LogP contribution in [0, 0.1) is 5.82 Å². The summed E-state index contributed by atoms with van der Waals surface area (Å²) in [6.07, 6.45) is 5.93. The second kappa shape index (κ2) is 6.51. The maximum Gasteiger partial charge on any atom is 0.257 e. The molecule has 25 heavy (non-hydrogen) atoms. The molecule has 1 fully saturated rings. The molecule has 3 heterocycles. The Hall–Kier alpha value is -2.96. The lowest BCUT2D eigenvalue weighted by Crippen LogP contribution is -2.42. The maximum atomic E-state index is 13.8. The van der Waals surface area contributed by atoms with Gasteiger partial charge in [0.05, 0.1) is 11.8 Å². The van der Waals surface area contributed by atoms with E-state index in [1.807, 2.05) is 4.90 Å². The van der Waals surface area contributed by atoms with Crippen LogP contribution in [0.5, 0.6) is 0 Å². The van der Waals surface area contributed by atoms with Crippen molar-refractivity contribution in [3.05, 3.63) is 54.5 Å². The molecule has 0 spiro atoms. The number of hydrogen-bond donors (Lipinski definition) is 1. The number of benzene rings is 1. The molecule has 0 bridgehead atoms. The monoisotopic (exact) mass is 340 g/mol. The van der Waals surface area contributed by atoms with Gasteiger partial charge in [-0.3, -0.25) is 4.79 Å². The van der Waals surface area contributed by atoms with Crippen molar-refractivity contribution in [3.8, 4) is 0 Å². The molecule has 1 saturated heterocycles. The topological polar surface area (TPSA) is 71.3 Å². The number of carbonyl (C=O) groups excluding carboxylic acids is 1. The minimum atomic E-state index is -0.358. The van der Waals surface area contributed by atoms with Gasteiger partial charge in [-0.15, -0.1) is 0 Å². The third-order valence-electron chi connectivity index (χ3n) is 4.51. The van der Waals surface area contributed by atoms with Crippen molar-refractivity contribution in [3.63, 3.8) is 0 Å². The van der Waals surface area contributed by atoms with E-state index in [2.05, 4.69) is 15.3 Å². The van der Waals surface area contributed by atoms with Gasteiger partial charge in [-0.05, 0) is 31.0 Å². The number of para-hydroxylation sites is 1. The highest BCUT2D eigenvalue weighted by Crippen LogP contribution is 2.24. The largest absolute Gasteiger partial charge is 0.472 e. The number of nitrogens with one attached hydrogen (secondary N) is 1. The number of piperidine rings is 1. The molecule has 7 heteroatoms. The van der Waals surface area contributed by atoms with Crippen LogP contribution in [0.25, 0.3) is 10.9 Å². The number of nitrogens with zero attached hydrogens (tertiary/aromatic N) is 3. The summed E-state index contributed by atoms with van der Waals surface area (Å²) in [4.78, 5) is 22.4. The summed E-state index contributed by atoms with van der Waals surface area (Å²) < 4.78 is 18.8. The number of likely N-dealkylation sites (tertiary alicyclic amines) is 1. The zero-order valence-electron chi connectivity index (χ0n) is 13.5. The molecule has 0 atom stereocenters. The fourth-order valence-electron chi connectivity index (χ4n) is 3.16. The molecule has 0 aliphatic carbocycles. The van der Waals surface area contributed by atoms with Crippen molar-refractivity contribution in [2.75, 3.05) is 18.4 Å². The van der Waals surface area contributed by atoms with Gasteiger partial charge in [-0.1, -0.05) is 6.07 Å². The quantitative estimate of drug-likeness (QED) is 0.793. The number of aromatic nitrogens is 2. The fourth-order valence-corrected chi connectivity index (χ4v) is 3.16. The maximum absolute atomic E-state index is 13.8. The first-order chi connectivity index (χ1) is 12.2. The Bertz CT molecular complexity index is 889. The standard InChI is InChI=1S/C18H17FN4O2/c19-15-3-1-2-14-16(15)20-11-21-17(14)22-13-4-7-23(8-5-13)18(24)12-6-9-25-10-12/h1-3,6,9-11,13H,4-5,7-8H2,(H,20,21,22). The lowest BCUT2D eigenvalue weighted by atomic mass is 10.0. The highest BCUT2D eigenvalue weighted by atomic mass is 19.1. The first kappa shape index (κ1) is 15.6. The Balaban J connectivity index is 1.44. The molecule has 3 aromatic rings. The molecule has 1 amide bonds. The predicted octanol–water partition coefficient (Wildman–Crippen LogP) is 3.08. The summed E-state index contributed by atoms with van der Waals surface area (Å²) in [5.41, 5.74) is 0.885. The van der Waals surface area contributed by atoms with Gasteiger partial charge in [0, 0.05) is 24.5 Å². The minimum absolute atomic E-state index is 0.0123. The van der Waals surface area contributed by atoms with Crippen molar-refractivity contribution >= 4 is 22.6 Å². The molecule has 4 rings (SSSR count). The molecular formula is C18H17FN4O2. The van der Waals surface area contributed by atoms with Gasteiger partial charge in [0.15, 0.2) is 0 Å². The van der Waals surface area contributed by atoms with Gasteiger partial charge in [0.1, 0.15) is 29.7 Å². The summed E-state index contributed by atoms with van der Waals surface area (Å²) in [5.74, 6) is 0.259. The van der Waals surface area contributed by atoms with E-state index in [9.17, 15) is 9.18 Å². The van der Waals surface area contributed by atoms with Gasteiger partial charge in [0.2, 0.25) is 0 Å². The Kier molecular flexibility index (Phi) is 4.05. The van der Waals surface area contributed by atoms with E-state index in [1.165, 1.54) is 24.9 Å². The van der Waals surface area contributed by atoms with Crippen molar-refractivity contribution in [2.24, 2.45) is 0 Å². The van der Waals surface area contributed by atoms with Crippen molar-refractivity contribution in [1.82, 2.24) is 14.9 Å². The smallest absolute Gasteiger partial charge is 0.257 e. The van der Waals surface area contributed by atoms with Crippen LogP contribution in [-0.2, 0) is 0 Å². The SMILES string of the molecule is O=C(c1ccoc1)N1CCC(Nc2ncnc3c(F)cccc23)CC1. The van der Waals surface area contributed by atoms with Crippen molar-refractivity contribution in [1.29, 1.82) is 0 Å². The Morgan fingerprint density at radius 1 is 1.24 bits per heavy atom. The van der Waals surface area contributed by atoms with Crippen LogP contribution in [0.15, 0.2) is 47.5 Å². The number of anilines is 1. The van der Waals surface area contributed by atoms with Crippen LogP contribution < -0.4 is 5.32 Å². The lowest BCUT2D eigenvalue weighted by molar-refractivity contribution is 0.0717. The molecular weight excluding hydrogens is 323 g/mol. The van der Waals surface area contributed by atoms with Gasteiger partial charge >= 0.3 is 0 Å². The second-order valence-corrected chi connectivity index (χ2v) is 6.08. The summed E-state index contributed by atoms with van der Waals surface area (Å²) in [7, 11) is 0. The molecule has 1 aliphatic rings. The first-order valence-electron chi connectivity index (χ1n) is 8.19. The van der Waals surface area contributed by atoms with Crippen molar-refractivity contribution < 1.29 is 13.6 Å². The highest BCUT2D eigenvalue weighted by molar-refractivity contribution is 5.94. The average Bonchev–Trinajstić information content (AvgIpc) is 3.17. The third-order valence-corrected chi connectivity index (χ3v) is 4.51. The Labute approximate surface area is 143 Å². The molecule has 128 valence electrons. The summed E-state index contributed by atoms with van der Waals surface area (Å²) in [5, 5.41) is 4.04. The van der Waals surface area contributed by atoms with E-state index in [-0.39, 0.29) is 17.8 Å². The van der Waals surface area contributed by atoms with Crippen LogP contribution >= 0.6 is 0 Å². The molecule has 1 N–H and O–H groups in total. The minimum Gasteiger partial charge on any atom is -0.472 e. The predicted molar refractivity (Wildman–Crippen MR) is 90.8 cm³/mol. The van der Waals surface area contributed by atoms with E-state index >= 15 is 0 Å². The Morgan fingerprint density at radius 2 is 2.08 bits per heavy atom. The van der Waals surface area contributed by atoms with Crippen LogP contribution in [0.2, 0.25) is 0 Å².